The van der Waals surface area contributed by atoms with Crippen molar-refractivity contribution in [3.8, 4) is 0 Å². The van der Waals surface area contributed by atoms with Crippen molar-refractivity contribution in [3.05, 3.63) is 74.9 Å². The van der Waals surface area contributed by atoms with Gasteiger partial charge in [0, 0.05) is 6.20 Å². The molecule has 4 rings (SSSR count). The largest absolute Gasteiger partial charge is 0.277 e. The Labute approximate surface area is 165 Å². The molecule has 0 aliphatic carbocycles. The minimum absolute atomic E-state index is 0.189. The van der Waals surface area contributed by atoms with E-state index in [2.05, 4.69) is 25.9 Å². The SMILES string of the molecule is O=C(c1ccc(Br)s1)N(Cc1ccccn1)c1nc2c(F)cccc2s1. The average molecular weight is 448 g/mol. The number of rotatable bonds is 4. The number of aromatic nitrogens is 2. The average Bonchev–Trinajstić information content (AvgIpc) is 3.27. The Hall–Kier alpha value is -2.16. The fourth-order valence-electron chi connectivity index (χ4n) is 2.46. The van der Waals surface area contributed by atoms with Gasteiger partial charge in [-0.05, 0) is 52.3 Å². The maximum atomic E-state index is 14.0. The zero-order chi connectivity index (χ0) is 18.1. The Morgan fingerprint density at radius 1 is 1.12 bits per heavy atom. The van der Waals surface area contributed by atoms with Crippen LogP contribution in [0.1, 0.15) is 15.4 Å². The van der Waals surface area contributed by atoms with Gasteiger partial charge in [0.15, 0.2) is 5.13 Å². The maximum Gasteiger partial charge on any atom is 0.270 e. The summed E-state index contributed by atoms with van der Waals surface area (Å²) in [6.45, 7) is 0.261. The molecule has 8 heteroatoms. The number of anilines is 1. The molecular weight excluding hydrogens is 437 g/mol. The number of nitrogens with zero attached hydrogens (tertiary/aromatic N) is 3. The van der Waals surface area contributed by atoms with E-state index in [-0.39, 0.29) is 18.0 Å². The number of hydrogen-bond donors (Lipinski definition) is 0. The topological polar surface area (TPSA) is 46.1 Å². The quantitative estimate of drug-likeness (QED) is 0.414. The van der Waals surface area contributed by atoms with Gasteiger partial charge < -0.3 is 0 Å². The van der Waals surface area contributed by atoms with Crippen molar-refractivity contribution in [1.82, 2.24) is 9.97 Å². The van der Waals surface area contributed by atoms with E-state index in [1.807, 2.05) is 24.3 Å². The smallest absolute Gasteiger partial charge is 0.270 e. The summed E-state index contributed by atoms with van der Waals surface area (Å²) in [5.41, 5.74) is 1.01. The van der Waals surface area contributed by atoms with Gasteiger partial charge in [-0.3, -0.25) is 14.7 Å². The monoisotopic (exact) mass is 447 g/mol. The zero-order valence-electron chi connectivity index (χ0n) is 13.2. The lowest BCUT2D eigenvalue weighted by Gasteiger charge is -2.18. The van der Waals surface area contributed by atoms with Crippen LogP contribution in [0.25, 0.3) is 10.2 Å². The summed E-state index contributed by atoms with van der Waals surface area (Å²) >= 11 is 6.02. The first-order chi connectivity index (χ1) is 12.6. The van der Waals surface area contributed by atoms with E-state index in [4.69, 9.17) is 0 Å². The normalized spacial score (nSPS) is 11.0. The molecule has 0 atom stereocenters. The van der Waals surface area contributed by atoms with E-state index in [0.717, 1.165) is 9.48 Å². The fourth-order valence-corrected chi connectivity index (χ4v) is 4.77. The molecule has 0 radical (unpaired) electrons. The molecule has 0 aliphatic rings. The first kappa shape index (κ1) is 17.3. The molecule has 130 valence electrons. The summed E-state index contributed by atoms with van der Waals surface area (Å²) in [6.07, 6.45) is 1.68. The Morgan fingerprint density at radius 2 is 2.00 bits per heavy atom. The third-order valence-corrected chi connectivity index (χ3v) is 6.32. The van der Waals surface area contributed by atoms with Gasteiger partial charge in [-0.15, -0.1) is 11.3 Å². The Morgan fingerprint density at radius 3 is 2.69 bits per heavy atom. The van der Waals surface area contributed by atoms with Crippen molar-refractivity contribution >= 4 is 59.9 Å². The van der Waals surface area contributed by atoms with Gasteiger partial charge in [0.25, 0.3) is 5.91 Å². The fraction of sp³-hybridized carbons (Fsp3) is 0.0556. The van der Waals surface area contributed by atoms with E-state index in [0.29, 0.717) is 14.7 Å². The second kappa shape index (κ2) is 7.22. The summed E-state index contributed by atoms with van der Waals surface area (Å²) in [5, 5.41) is 0.449. The van der Waals surface area contributed by atoms with Crippen LogP contribution >= 0.6 is 38.6 Å². The number of carbonyl (C=O) groups is 1. The molecule has 4 aromatic rings. The van der Waals surface area contributed by atoms with Crippen molar-refractivity contribution in [2.75, 3.05) is 4.90 Å². The van der Waals surface area contributed by atoms with E-state index in [1.165, 1.54) is 28.7 Å². The van der Waals surface area contributed by atoms with E-state index >= 15 is 0 Å². The minimum atomic E-state index is -0.394. The summed E-state index contributed by atoms with van der Waals surface area (Å²) in [4.78, 5) is 23.9. The number of hydrogen-bond acceptors (Lipinski definition) is 5. The van der Waals surface area contributed by atoms with Crippen LogP contribution in [-0.2, 0) is 6.54 Å². The van der Waals surface area contributed by atoms with Crippen LogP contribution in [0, 0.1) is 5.82 Å². The number of fused-ring (bicyclic) bond motifs is 1. The summed E-state index contributed by atoms with van der Waals surface area (Å²) in [7, 11) is 0. The number of para-hydroxylation sites is 1. The van der Waals surface area contributed by atoms with Crippen LogP contribution in [0.5, 0.6) is 0 Å². The van der Waals surface area contributed by atoms with Crippen LogP contribution in [-0.4, -0.2) is 15.9 Å². The van der Waals surface area contributed by atoms with Gasteiger partial charge in [-0.25, -0.2) is 9.37 Å². The minimum Gasteiger partial charge on any atom is -0.277 e. The second-order valence-electron chi connectivity index (χ2n) is 5.40. The lowest BCUT2D eigenvalue weighted by molar-refractivity contribution is 0.0988. The molecule has 0 bridgehead atoms. The molecule has 0 saturated carbocycles. The lowest BCUT2D eigenvalue weighted by Crippen LogP contribution is -2.30. The molecule has 0 fully saturated rings. The van der Waals surface area contributed by atoms with Crippen molar-refractivity contribution in [2.24, 2.45) is 0 Å². The molecule has 26 heavy (non-hydrogen) atoms. The molecule has 0 unspecified atom stereocenters. The van der Waals surface area contributed by atoms with Gasteiger partial charge in [0.1, 0.15) is 11.3 Å². The number of pyridine rings is 1. The molecule has 0 spiro atoms. The van der Waals surface area contributed by atoms with Gasteiger partial charge in [-0.2, -0.15) is 0 Å². The Bertz CT molecular complexity index is 1080. The molecule has 0 aliphatic heterocycles. The summed E-state index contributed by atoms with van der Waals surface area (Å²) in [6, 6.07) is 13.9. The molecule has 3 aromatic heterocycles. The molecular formula is C18H11BrFN3OS2. The highest BCUT2D eigenvalue weighted by Crippen LogP contribution is 2.33. The van der Waals surface area contributed by atoms with Crippen molar-refractivity contribution in [3.63, 3.8) is 0 Å². The van der Waals surface area contributed by atoms with Gasteiger partial charge >= 0.3 is 0 Å². The highest BCUT2D eigenvalue weighted by Gasteiger charge is 2.24. The lowest BCUT2D eigenvalue weighted by atomic mass is 10.3. The van der Waals surface area contributed by atoms with Gasteiger partial charge in [0.05, 0.1) is 25.6 Å². The molecule has 0 N–H and O–H groups in total. The van der Waals surface area contributed by atoms with Gasteiger partial charge in [0.2, 0.25) is 0 Å². The number of thiophene rings is 1. The van der Waals surface area contributed by atoms with E-state index in [9.17, 15) is 9.18 Å². The van der Waals surface area contributed by atoms with Crippen LogP contribution in [0.4, 0.5) is 9.52 Å². The highest BCUT2D eigenvalue weighted by atomic mass is 79.9. The van der Waals surface area contributed by atoms with E-state index < -0.39 is 5.82 Å². The Kier molecular flexibility index (Phi) is 4.80. The van der Waals surface area contributed by atoms with E-state index in [1.54, 1.807) is 29.3 Å². The third-order valence-electron chi connectivity index (χ3n) is 3.66. The summed E-state index contributed by atoms with van der Waals surface area (Å²) < 4.78 is 15.6. The number of thiazole rings is 1. The number of carbonyl (C=O) groups excluding carboxylic acids is 1. The molecule has 1 amide bonds. The standard InChI is InChI=1S/C18H11BrFN3OS2/c19-15-8-7-14(25-15)17(24)23(10-11-4-1-2-9-21-11)18-22-16-12(20)5-3-6-13(16)26-18/h1-9H,10H2. The van der Waals surface area contributed by atoms with Crippen LogP contribution in [0.2, 0.25) is 0 Å². The first-order valence-electron chi connectivity index (χ1n) is 7.64. The number of amides is 1. The first-order valence-corrected chi connectivity index (χ1v) is 10.1. The van der Waals surface area contributed by atoms with Gasteiger partial charge in [-0.1, -0.05) is 23.5 Å². The molecule has 1 aromatic carbocycles. The maximum absolute atomic E-state index is 14.0. The van der Waals surface area contributed by atoms with Crippen molar-refractivity contribution in [2.45, 2.75) is 6.54 Å². The second-order valence-corrected chi connectivity index (χ2v) is 8.87. The third kappa shape index (κ3) is 3.40. The Balaban J connectivity index is 1.78. The number of halogens is 2. The van der Waals surface area contributed by atoms with Crippen molar-refractivity contribution < 1.29 is 9.18 Å². The van der Waals surface area contributed by atoms with Crippen LogP contribution < -0.4 is 4.90 Å². The van der Waals surface area contributed by atoms with Crippen LogP contribution in [0.3, 0.4) is 0 Å². The predicted octanol–water partition coefficient (Wildman–Crippen LogP) is 5.50. The van der Waals surface area contributed by atoms with Crippen molar-refractivity contribution in [1.29, 1.82) is 0 Å². The van der Waals surface area contributed by atoms with Crippen LogP contribution in [0.15, 0.2) is 58.5 Å². The highest BCUT2D eigenvalue weighted by molar-refractivity contribution is 9.11. The number of benzene rings is 1. The predicted molar refractivity (Wildman–Crippen MR) is 106 cm³/mol. The summed E-state index contributed by atoms with van der Waals surface area (Å²) in [5.74, 6) is -0.583. The molecule has 0 saturated heterocycles. The molecule has 4 nitrogen and oxygen atoms in total. The molecule has 3 heterocycles. The zero-order valence-corrected chi connectivity index (χ0v) is 16.4.